The number of unbranched alkanes of at least 4 members (excludes halogenated alkanes) is 1. The summed E-state index contributed by atoms with van der Waals surface area (Å²) in [6.07, 6.45) is 10.7. The Balaban J connectivity index is 2.03. The molecule has 1 heteroatoms. The van der Waals surface area contributed by atoms with Gasteiger partial charge in [-0.25, -0.2) is 0 Å². The number of rotatable bonds is 6. The van der Waals surface area contributed by atoms with Crippen LogP contribution in [0, 0.1) is 25.2 Å². The van der Waals surface area contributed by atoms with E-state index in [1.165, 1.54) is 62.5 Å². The van der Waals surface area contributed by atoms with Crippen molar-refractivity contribution in [2.45, 2.75) is 72.1 Å². The van der Waals surface area contributed by atoms with Crippen LogP contribution in [0.25, 0.3) is 0 Å². The minimum atomic E-state index is 0.348. The van der Waals surface area contributed by atoms with Gasteiger partial charge in [-0.05, 0) is 74.0 Å². The normalized spacial score (nSPS) is 26.0. The van der Waals surface area contributed by atoms with Crippen molar-refractivity contribution in [3.8, 4) is 0 Å². The van der Waals surface area contributed by atoms with Gasteiger partial charge in [0.25, 0.3) is 0 Å². The molecule has 0 heterocycles. The third kappa shape index (κ3) is 4.25. The lowest BCUT2D eigenvalue weighted by Gasteiger charge is -2.40. The van der Waals surface area contributed by atoms with Crippen molar-refractivity contribution in [1.82, 2.24) is 0 Å². The fourth-order valence-corrected chi connectivity index (χ4v) is 4.29. The van der Waals surface area contributed by atoms with Crippen molar-refractivity contribution in [2.24, 2.45) is 11.3 Å². The predicted molar refractivity (Wildman–Crippen MR) is 94.3 cm³/mol. The molecule has 0 nitrogen and oxygen atoms in total. The summed E-state index contributed by atoms with van der Waals surface area (Å²) in [6, 6.07) is 6.66. The van der Waals surface area contributed by atoms with Crippen molar-refractivity contribution in [1.29, 1.82) is 0 Å². The Morgan fingerprint density at radius 1 is 1.14 bits per heavy atom. The maximum Gasteiger partial charge on any atom is 0.0283 e. The number of alkyl halides is 1. The summed E-state index contributed by atoms with van der Waals surface area (Å²) in [5, 5.41) is 0. The van der Waals surface area contributed by atoms with E-state index in [0.717, 1.165) is 11.8 Å². The van der Waals surface area contributed by atoms with Gasteiger partial charge in [0.05, 0.1) is 0 Å². The van der Waals surface area contributed by atoms with E-state index in [2.05, 4.69) is 39.0 Å². The highest BCUT2D eigenvalue weighted by Crippen LogP contribution is 2.44. The van der Waals surface area contributed by atoms with E-state index in [0.29, 0.717) is 5.41 Å². The van der Waals surface area contributed by atoms with Crippen LogP contribution in [0.1, 0.15) is 68.6 Å². The highest BCUT2D eigenvalue weighted by molar-refractivity contribution is 6.18. The summed E-state index contributed by atoms with van der Waals surface area (Å²) in [6.45, 7) is 6.79. The largest absolute Gasteiger partial charge is 0.126 e. The van der Waals surface area contributed by atoms with Gasteiger partial charge in [0.15, 0.2) is 0 Å². The summed E-state index contributed by atoms with van der Waals surface area (Å²) >= 11 is 6.44. The van der Waals surface area contributed by atoms with Gasteiger partial charge in [0.1, 0.15) is 0 Å². The molecule has 0 bridgehead atoms. The lowest BCUT2D eigenvalue weighted by Crippen LogP contribution is -2.32. The van der Waals surface area contributed by atoms with Crippen LogP contribution in [0.15, 0.2) is 18.2 Å². The second-order valence-corrected chi connectivity index (χ2v) is 7.53. The second-order valence-electron chi connectivity index (χ2n) is 7.27. The Bertz CT molecular complexity index is 421. The van der Waals surface area contributed by atoms with Gasteiger partial charge in [0, 0.05) is 5.88 Å². The predicted octanol–water partition coefficient (Wildman–Crippen LogP) is 6.45. The van der Waals surface area contributed by atoms with Crippen LogP contribution in [0.5, 0.6) is 0 Å². The first kappa shape index (κ1) is 16.9. The third-order valence-electron chi connectivity index (χ3n) is 5.61. The average molecular weight is 307 g/mol. The molecule has 0 radical (unpaired) electrons. The quantitative estimate of drug-likeness (QED) is 0.530. The standard InChI is InChI=1S/C20H31Cl/c1-4-5-9-18-10-12-20(15-21,13-11-18)14-19-16(2)7-6-8-17(19)3/h6-8,18H,4-5,9-15H2,1-3H3. The molecule has 1 aliphatic carbocycles. The van der Waals surface area contributed by atoms with Crippen LogP contribution in [-0.4, -0.2) is 5.88 Å². The van der Waals surface area contributed by atoms with Gasteiger partial charge < -0.3 is 0 Å². The first-order chi connectivity index (χ1) is 10.1. The molecule has 1 saturated carbocycles. The van der Waals surface area contributed by atoms with Crippen LogP contribution in [-0.2, 0) is 6.42 Å². The molecule has 1 fully saturated rings. The van der Waals surface area contributed by atoms with Crippen molar-refractivity contribution in [3.63, 3.8) is 0 Å². The van der Waals surface area contributed by atoms with Crippen molar-refractivity contribution in [2.75, 3.05) is 5.88 Å². The number of hydrogen-bond donors (Lipinski definition) is 0. The lowest BCUT2D eigenvalue weighted by molar-refractivity contribution is 0.165. The van der Waals surface area contributed by atoms with Gasteiger partial charge in [-0.2, -0.15) is 0 Å². The van der Waals surface area contributed by atoms with Crippen LogP contribution in [0.3, 0.4) is 0 Å². The number of benzene rings is 1. The molecule has 1 aromatic rings. The van der Waals surface area contributed by atoms with Gasteiger partial charge in [0.2, 0.25) is 0 Å². The van der Waals surface area contributed by atoms with Crippen molar-refractivity contribution in [3.05, 3.63) is 34.9 Å². The van der Waals surface area contributed by atoms with Gasteiger partial charge in [-0.15, -0.1) is 11.6 Å². The van der Waals surface area contributed by atoms with E-state index in [1.807, 2.05) is 0 Å². The zero-order valence-electron chi connectivity index (χ0n) is 14.1. The summed E-state index contributed by atoms with van der Waals surface area (Å²) in [5.41, 5.74) is 4.77. The molecule has 0 aromatic heterocycles. The molecule has 1 aliphatic rings. The molecule has 0 saturated heterocycles. The zero-order valence-corrected chi connectivity index (χ0v) is 14.8. The number of hydrogen-bond acceptors (Lipinski definition) is 0. The topological polar surface area (TPSA) is 0 Å². The van der Waals surface area contributed by atoms with Gasteiger partial charge in [-0.3, -0.25) is 0 Å². The molecule has 21 heavy (non-hydrogen) atoms. The maximum atomic E-state index is 6.44. The maximum absolute atomic E-state index is 6.44. The molecule has 0 amide bonds. The van der Waals surface area contributed by atoms with Crippen molar-refractivity contribution >= 4 is 11.6 Å². The Hall–Kier alpha value is -0.490. The first-order valence-electron chi connectivity index (χ1n) is 8.71. The molecule has 118 valence electrons. The molecule has 0 N–H and O–H groups in total. The van der Waals surface area contributed by atoms with Gasteiger partial charge in [-0.1, -0.05) is 44.4 Å². The fourth-order valence-electron chi connectivity index (χ4n) is 3.93. The molecular formula is C20H31Cl. The van der Waals surface area contributed by atoms with E-state index in [-0.39, 0.29) is 0 Å². The molecule has 0 unspecified atom stereocenters. The molecule has 1 aromatic carbocycles. The van der Waals surface area contributed by atoms with E-state index < -0.39 is 0 Å². The monoisotopic (exact) mass is 306 g/mol. The van der Waals surface area contributed by atoms with Crippen LogP contribution in [0.4, 0.5) is 0 Å². The number of halogens is 1. The minimum Gasteiger partial charge on any atom is -0.126 e. The Morgan fingerprint density at radius 3 is 2.29 bits per heavy atom. The summed E-state index contributed by atoms with van der Waals surface area (Å²) < 4.78 is 0. The highest BCUT2D eigenvalue weighted by Gasteiger charge is 2.35. The van der Waals surface area contributed by atoms with Gasteiger partial charge >= 0.3 is 0 Å². The van der Waals surface area contributed by atoms with E-state index in [1.54, 1.807) is 5.56 Å². The molecule has 0 spiro atoms. The average Bonchev–Trinajstić information content (AvgIpc) is 2.50. The smallest absolute Gasteiger partial charge is 0.0283 e. The lowest BCUT2D eigenvalue weighted by atomic mass is 9.67. The van der Waals surface area contributed by atoms with Crippen LogP contribution < -0.4 is 0 Å². The molecule has 2 rings (SSSR count). The van der Waals surface area contributed by atoms with E-state index in [4.69, 9.17) is 11.6 Å². The Labute approximate surface area is 136 Å². The number of aryl methyl sites for hydroxylation is 2. The van der Waals surface area contributed by atoms with Crippen LogP contribution in [0.2, 0.25) is 0 Å². The zero-order chi connectivity index (χ0) is 15.3. The summed E-state index contributed by atoms with van der Waals surface area (Å²) in [7, 11) is 0. The Morgan fingerprint density at radius 2 is 1.76 bits per heavy atom. The summed E-state index contributed by atoms with van der Waals surface area (Å²) in [4.78, 5) is 0. The molecular weight excluding hydrogens is 276 g/mol. The molecule has 0 aliphatic heterocycles. The van der Waals surface area contributed by atoms with E-state index in [9.17, 15) is 0 Å². The van der Waals surface area contributed by atoms with E-state index >= 15 is 0 Å². The molecule has 0 atom stereocenters. The SMILES string of the molecule is CCCCC1CCC(CCl)(Cc2c(C)cccc2C)CC1. The summed E-state index contributed by atoms with van der Waals surface area (Å²) in [5.74, 6) is 1.78. The van der Waals surface area contributed by atoms with Crippen LogP contribution >= 0.6 is 11.6 Å². The fraction of sp³-hybridized carbons (Fsp3) is 0.700. The second kappa shape index (κ2) is 7.68. The van der Waals surface area contributed by atoms with Crippen molar-refractivity contribution < 1.29 is 0 Å². The first-order valence-corrected chi connectivity index (χ1v) is 9.25. The minimum absolute atomic E-state index is 0.348. The highest BCUT2D eigenvalue weighted by atomic mass is 35.5. The third-order valence-corrected chi connectivity index (χ3v) is 6.18. The Kier molecular flexibility index (Phi) is 6.17.